The van der Waals surface area contributed by atoms with Crippen LogP contribution in [-0.2, 0) is 22.6 Å². The summed E-state index contributed by atoms with van der Waals surface area (Å²) in [4.78, 5) is 23.9. The SMILES string of the molecule is CC1=C(C(=O)NCCCc2ccccc2)c2c(cccc2[C@@H](C)CCC=O)CN1. The number of amides is 1. The fourth-order valence-electron chi connectivity index (χ4n) is 3.97. The molecule has 1 aliphatic heterocycles. The molecule has 0 radical (unpaired) electrons. The molecule has 1 heterocycles. The largest absolute Gasteiger partial charge is 0.384 e. The number of hydrogen-bond acceptors (Lipinski definition) is 3. The van der Waals surface area contributed by atoms with Gasteiger partial charge in [0.25, 0.3) is 5.91 Å². The van der Waals surface area contributed by atoms with E-state index in [-0.39, 0.29) is 11.8 Å². The molecule has 0 spiro atoms. The molecular formula is C25H30N2O2. The minimum absolute atomic E-state index is 0.0287. The topological polar surface area (TPSA) is 58.2 Å². The van der Waals surface area contributed by atoms with Gasteiger partial charge in [0, 0.05) is 25.2 Å². The van der Waals surface area contributed by atoms with Crippen LogP contribution in [0.25, 0.3) is 5.57 Å². The first-order valence-electron chi connectivity index (χ1n) is 10.4. The Morgan fingerprint density at radius 3 is 2.72 bits per heavy atom. The fraction of sp³-hybridized carbons (Fsp3) is 0.360. The molecule has 0 bridgehead atoms. The summed E-state index contributed by atoms with van der Waals surface area (Å²) in [5.41, 5.74) is 6.27. The van der Waals surface area contributed by atoms with E-state index < -0.39 is 0 Å². The Morgan fingerprint density at radius 2 is 1.97 bits per heavy atom. The van der Waals surface area contributed by atoms with E-state index in [2.05, 4.69) is 41.8 Å². The van der Waals surface area contributed by atoms with Gasteiger partial charge in [0.1, 0.15) is 6.29 Å². The zero-order valence-corrected chi connectivity index (χ0v) is 17.3. The van der Waals surface area contributed by atoms with Crippen LogP contribution < -0.4 is 10.6 Å². The van der Waals surface area contributed by atoms with Crippen molar-refractivity contribution in [2.45, 2.75) is 52.0 Å². The number of aldehydes is 1. The molecule has 0 unspecified atom stereocenters. The molecule has 1 aliphatic rings. The third-order valence-electron chi connectivity index (χ3n) is 5.60. The lowest BCUT2D eigenvalue weighted by atomic mass is 9.83. The first kappa shape index (κ1) is 20.8. The minimum atomic E-state index is -0.0287. The summed E-state index contributed by atoms with van der Waals surface area (Å²) < 4.78 is 0. The quantitative estimate of drug-likeness (QED) is 0.494. The van der Waals surface area contributed by atoms with Crippen LogP contribution in [0.5, 0.6) is 0 Å². The van der Waals surface area contributed by atoms with Gasteiger partial charge in [0.15, 0.2) is 0 Å². The van der Waals surface area contributed by atoms with Gasteiger partial charge in [-0.15, -0.1) is 0 Å². The lowest BCUT2D eigenvalue weighted by Gasteiger charge is -2.27. The predicted molar refractivity (Wildman–Crippen MR) is 117 cm³/mol. The van der Waals surface area contributed by atoms with E-state index in [1.807, 2.05) is 31.2 Å². The van der Waals surface area contributed by atoms with Gasteiger partial charge in [0.2, 0.25) is 0 Å². The number of fused-ring (bicyclic) bond motifs is 1. The van der Waals surface area contributed by atoms with Gasteiger partial charge in [0.05, 0.1) is 5.57 Å². The standard InChI is InChI=1S/C25H30N2O2/c1-18(9-8-16-28)22-14-6-13-21-17-27-19(2)23(24(21)22)25(29)26-15-7-12-20-10-4-3-5-11-20/h3-6,10-11,13-14,16,18,27H,7-9,12,15,17H2,1-2H3,(H,26,29)/t18-/m0/s1. The summed E-state index contributed by atoms with van der Waals surface area (Å²) >= 11 is 0. The Balaban J connectivity index is 1.73. The van der Waals surface area contributed by atoms with Gasteiger partial charge in [-0.1, -0.05) is 55.5 Å². The second-order valence-corrected chi connectivity index (χ2v) is 7.73. The third-order valence-corrected chi connectivity index (χ3v) is 5.60. The zero-order valence-electron chi connectivity index (χ0n) is 17.3. The average molecular weight is 391 g/mol. The number of rotatable bonds is 9. The lowest BCUT2D eigenvalue weighted by Crippen LogP contribution is -2.31. The molecule has 2 aromatic carbocycles. The number of nitrogens with one attached hydrogen (secondary N) is 2. The highest BCUT2D eigenvalue weighted by molar-refractivity contribution is 6.21. The number of benzene rings is 2. The minimum Gasteiger partial charge on any atom is -0.384 e. The Bertz CT molecular complexity index is 887. The Hall–Kier alpha value is -2.88. The highest BCUT2D eigenvalue weighted by Crippen LogP contribution is 2.35. The molecule has 0 aliphatic carbocycles. The Kier molecular flexibility index (Phi) is 7.23. The highest BCUT2D eigenvalue weighted by atomic mass is 16.1. The average Bonchev–Trinajstić information content (AvgIpc) is 2.75. The molecule has 1 amide bonds. The molecular weight excluding hydrogens is 360 g/mol. The van der Waals surface area contributed by atoms with Gasteiger partial charge >= 0.3 is 0 Å². The number of allylic oxidation sites excluding steroid dienone is 1. The van der Waals surface area contributed by atoms with E-state index in [4.69, 9.17) is 0 Å². The zero-order chi connectivity index (χ0) is 20.6. The number of carbonyl (C=O) groups is 2. The van der Waals surface area contributed by atoms with Crippen molar-refractivity contribution in [1.29, 1.82) is 0 Å². The number of aryl methyl sites for hydroxylation is 1. The molecule has 0 saturated carbocycles. The van der Waals surface area contributed by atoms with Crippen molar-refractivity contribution in [3.8, 4) is 0 Å². The summed E-state index contributed by atoms with van der Waals surface area (Å²) in [6.07, 6.45) is 4.14. The second-order valence-electron chi connectivity index (χ2n) is 7.73. The van der Waals surface area contributed by atoms with Crippen molar-refractivity contribution in [2.24, 2.45) is 0 Å². The van der Waals surface area contributed by atoms with Crippen molar-refractivity contribution >= 4 is 17.8 Å². The van der Waals surface area contributed by atoms with Crippen molar-refractivity contribution in [3.05, 3.63) is 76.5 Å². The van der Waals surface area contributed by atoms with Crippen LogP contribution in [0.1, 0.15) is 61.3 Å². The van der Waals surface area contributed by atoms with E-state index in [9.17, 15) is 9.59 Å². The summed E-state index contributed by atoms with van der Waals surface area (Å²) in [7, 11) is 0. The maximum Gasteiger partial charge on any atom is 0.253 e. The van der Waals surface area contributed by atoms with Crippen LogP contribution in [0.4, 0.5) is 0 Å². The number of carbonyl (C=O) groups excluding carboxylic acids is 2. The molecule has 4 nitrogen and oxygen atoms in total. The lowest BCUT2D eigenvalue weighted by molar-refractivity contribution is -0.115. The molecule has 1 atom stereocenters. The van der Waals surface area contributed by atoms with Gasteiger partial charge in [-0.3, -0.25) is 4.79 Å². The van der Waals surface area contributed by atoms with E-state index in [1.54, 1.807) is 0 Å². The van der Waals surface area contributed by atoms with Crippen molar-refractivity contribution in [2.75, 3.05) is 6.54 Å². The molecule has 152 valence electrons. The summed E-state index contributed by atoms with van der Waals surface area (Å²) in [5, 5.41) is 6.47. The van der Waals surface area contributed by atoms with Gasteiger partial charge in [-0.2, -0.15) is 0 Å². The maximum absolute atomic E-state index is 13.1. The van der Waals surface area contributed by atoms with Crippen molar-refractivity contribution in [1.82, 2.24) is 10.6 Å². The van der Waals surface area contributed by atoms with Crippen LogP contribution in [0.3, 0.4) is 0 Å². The van der Waals surface area contributed by atoms with Crippen LogP contribution in [-0.4, -0.2) is 18.7 Å². The maximum atomic E-state index is 13.1. The molecule has 0 aromatic heterocycles. The van der Waals surface area contributed by atoms with Gasteiger partial charge < -0.3 is 15.4 Å². The van der Waals surface area contributed by atoms with E-state index in [0.717, 1.165) is 60.1 Å². The van der Waals surface area contributed by atoms with E-state index >= 15 is 0 Å². The molecule has 29 heavy (non-hydrogen) atoms. The molecule has 2 N–H and O–H groups in total. The molecule has 4 heteroatoms. The van der Waals surface area contributed by atoms with Gasteiger partial charge in [-0.05, 0) is 54.4 Å². The first-order chi connectivity index (χ1) is 14.1. The van der Waals surface area contributed by atoms with E-state index in [0.29, 0.717) is 13.0 Å². The first-order valence-corrected chi connectivity index (χ1v) is 10.4. The number of hydrogen-bond donors (Lipinski definition) is 2. The Morgan fingerprint density at radius 1 is 1.17 bits per heavy atom. The monoisotopic (exact) mass is 390 g/mol. The van der Waals surface area contributed by atoms with Crippen LogP contribution in [0.15, 0.2) is 54.2 Å². The highest BCUT2D eigenvalue weighted by Gasteiger charge is 2.26. The molecule has 0 saturated heterocycles. The summed E-state index contributed by atoms with van der Waals surface area (Å²) in [6, 6.07) is 16.5. The van der Waals surface area contributed by atoms with Gasteiger partial charge in [-0.25, -0.2) is 0 Å². The van der Waals surface area contributed by atoms with Crippen LogP contribution in [0, 0.1) is 0 Å². The third kappa shape index (κ3) is 5.14. The molecule has 2 aromatic rings. The summed E-state index contributed by atoms with van der Waals surface area (Å²) in [6.45, 7) is 5.46. The summed E-state index contributed by atoms with van der Waals surface area (Å²) in [5.74, 6) is 0.195. The van der Waals surface area contributed by atoms with Crippen molar-refractivity contribution < 1.29 is 9.59 Å². The molecule has 0 fully saturated rings. The molecule has 3 rings (SSSR count). The van der Waals surface area contributed by atoms with Crippen LogP contribution in [0.2, 0.25) is 0 Å². The predicted octanol–water partition coefficient (Wildman–Crippen LogP) is 4.35. The second kappa shape index (κ2) is 10.1. The normalized spacial score (nSPS) is 14.0. The van der Waals surface area contributed by atoms with E-state index in [1.165, 1.54) is 5.56 Å². The smallest absolute Gasteiger partial charge is 0.253 e. The fourth-order valence-corrected chi connectivity index (χ4v) is 3.97. The van der Waals surface area contributed by atoms with Crippen LogP contribution >= 0.6 is 0 Å². The Labute approximate surface area is 173 Å². The van der Waals surface area contributed by atoms with Crippen molar-refractivity contribution in [3.63, 3.8) is 0 Å².